The number of fused-ring (bicyclic) bond motifs is 1. The normalized spacial score (nSPS) is 14.4. The molecule has 31 heavy (non-hydrogen) atoms. The molecule has 3 aromatic carbocycles. The SMILES string of the molecule is CC(C)c1ccc(C2=C(c3ccc(OC(F)(F)F)cc3)CCCc3ccccc32)cc1. The van der Waals surface area contributed by atoms with Crippen LogP contribution in [0.3, 0.4) is 0 Å². The lowest BCUT2D eigenvalue weighted by Gasteiger charge is -2.18. The maximum absolute atomic E-state index is 12.6. The summed E-state index contributed by atoms with van der Waals surface area (Å²) >= 11 is 0. The minimum Gasteiger partial charge on any atom is -0.406 e. The molecule has 160 valence electrons. The second kappa shape index (κ2) is 8.62. The number of hydrogen-bond donors (Lipinski definition) is 0. The van der Waals surface area contributed by atoms with E-state index in [1.165, 1.54) is 28.8 Å². The van der Waals surface area contributed by atoms with E-state index in [1.54, 1.807) is 12.1 Å². The summed E-state index contributed by atoms with van der Waals surface area (Å²) in [5.41, 5.74) is 8.15. The molecule has 0 aliphatic heterocycles. The van der Waals surface area contributed by atoms with E-state index >= 15 is 0 Å². The molecule has 0 saturated carbocycles. The molecule has 0 heterocycles. The van der Waals surface area contributed by atoms with Gasteiger partial charge in [-0.05, 0) is 76.3 Å². The van der Waals surface area contributed by atoms with Crippen molar-refractivity contribution in [2.24, 2.45) is 0 Å². The smallest absolute Gasteiger partial charge is 0.406 e. The van der Waals surface area contributed by atoms with Gasteiger partial charge in [0, 0.05) is 0 Å². The van der Waals surface area contributed by atoms with Crippen molar-refractivity contribution in [2.45, 2.75) is 45.4 Å². The Hall–Kier alpha value is -3.01. The first-order valence-corrected chi connectivity index (χ1v) is 10.6. The van der Waals surface area contributed by atoms with Gasteiger partial charge in [-0.1, -0.05) is 74.5 Å². The number of rotatable bonds is 4. The maximum atomic E-state index is 12.6. The molecule has 1 nitrogen and oxygen atoms in total. The number of ether oxygens (including phenoxy) is 1. The molecular weight excluding hydrogens is 397 g/mol. The van der Waals surface area contributed by atoms with Gasteiger partial charge in [-0.2, -0.15) is 0 Å². The first-order chi connectivity index (χ1) is 14.8. The van der Waals surface area contributed by atoms with Gasteiger partial charge >= 0.3 is 6.36 Å². The molecule has 0 amide bonds. The van der Waals surface area contributed by atoms with Gasteiger partial charge in [0.05, 0.1) is 0 Å². The average molecular weight is 422 g/mol. The zero-order valence-corrected chi connectivity index (χ0v) is 17.7. The monoisotopic (exact) mass is 422 g/mol. The molecular formula is C27H25F3O. The van der Waals surface area contributed by atoms with Crippen molar-refractivity contribution in [3.8, 4) is 5.75 Å². The number of alkyl halides is 3. The largest absolute Gasteiger partial charge is 0.573 e. The van der Waals surface area contributed by atoms with E-state index < -0.39 is 6.36 Å². The van der Waals surface area contributed by atoms with Gasteiger partial charge < -0.3 is 4.74 Å². The Balaban J connectivity index is 1.84. The lowest BCUT2D eigenvalue weighted by atomic mass is 9.87. The molecule has 0 fully saturated rings. The highest BCUT2D eigenvalue weighted by molar-refractivity contribution is 5.99. The topological polar surface area (TPSA) is 9.23 Å². The number of aryl methyl sites for hydroxylation is 1. The van der Waals surface area contributed by atoms with Gasteiger partial charge in [-0.15, -0.1) is 13.2 Å². The summed E-state index contributed by atoms with van der Waals surface area (Å²) in [4.78, 5) is 0. The molecule has 0 aromatic heterocycles. The minimum absolute atomic E-state index is 0.200. The fourth-order valence-corrected chi connectivity index (χ4v) is 4.24. The Morgan fingerprint density at radius 3 is 2.06 bits per heavy atom. The molecule has 0 atom stereocenters. The summed E-state index contributed by atoms with van der Waals surface area (Å²) in [6.45, 7) is 4.34. The predicted octanol–water partition coefficient (Wildman–Crippen LogP) is 8.00. The molecule has 4 heteroatoms. The van der Waals surface area contributed by atoms with Crippen LogP contribution in [0.1, 0.15) is 60.4 Å². The lowest BCUT2D eigenvalue weighted by molar-refractivity contribution is -0.274. The van der Waals surface area contributed by atoms with Crippen molar-refractivity contribution in [2.75, 3.05) is 0 Å². The fraction of sp³-hybridized carbons (Fsp3) is 0.259. The van der Waals surface area contributed by atoms with Crippen LogP contribution in [0.2, 0.25) is 0 Å². The van der Waals surface area contributed by atoms with E-state index in [2.05, 4.69) is 61.0 Å². The van der Waals surface area contributed by atoms with Crippen LogP contribution in [0.25, 0.3) is 11.1 Å². The van der Waals surface area contributed by atoms with Crippen molar-refractivity contribution < 1.29 is 17.9 Å². The van der Waals surface area contributed by atoms with Gasteiger partial charge in [0.25, 0.3) is 0 Å². The highest BCUT2D eigenvalue weighted by atomic mass is 19.4. The summed E-state index contributed by atoms with van der Waals surface area (Å²) in [7, 11) is 0. The average Bonchev–Trinajstić information content (AvgIpc) is 2.93. The van der Waals surface area contributed by atoms with E-state index in [4.69, 9.17) is 0 Å². The van der Waals surface area contributed by atoms with Crippen LogP contribution in [-0.2, 0) is 6.42 Å². The number of hydrogen-bond acceptors (Lipinski definition) is 1. The Morgan fingerprint density at radius 2 is 1.42 bits per heavy atom. The van der Waals surface area contributed by atoms with Crippen molar-refractivity contribution in [3.05, 3.63) is 101 Å². The molecule has 0 N–H and O–H groups in total. The van der Waals surface area contributed by atoms with E-state index in [1.807, 2.05) is 6.07 Å². The second-order valence-corrected chi connectivity index (χ2v) is 8.21. The van der Waals surface area contributed by atoms with Gasteiger partial charge in [0.2, 0.25) is 0 Å². The summed E-state index contributed by atoms with van der Waals surface area (Å²) in [6.07, 6.45) is -1.87. The fourth-order valence-electron chi connectivity index (χ4n) is 4.24. The lowest BCUT2D eigenvalue weighted by Crippen LogP contribution is -2.17. The van der Waals surface area contributed by atoms with Crippen LogP contribution in [0.5, 0.6) is 5.75 Å². The molecule has 1 aliphatic rings. The van der Waals surface area contributed by atoms with Crippen LogP contribution < -0.4 is 4.74 Å². The van der Waals surface area contributed by atoms with Crippen LogP contribution in [-0.4, -0.2) is 6.36 Å². The third-order valence-corrected chi connectivity index (χ3v) is 5.76. The maximum Gasteiger partial charge on any atom is 0.573 e. The van der Waals surface area contributed by atoms with E-state index in [0.717, 1.165) is 41.5 Å². The second-order valence-electron chi connectivity index (χ2n) is 8.21. The Kier molecular flexibility index (Phi) is 5.90. The van der Waals surface area contributed by atoms with Gasteiger partial charge in [-0.25, -0.2) is 0 Å². The molecule has 0 radical (unpaired) electrons. The highest BCUT2D eigenvalue weighted by Crippen LogP contribution is 2.40. The van der Waals surface area contributed by atoms with Crippen molar-refractivity contribution >= 4 is 11.1 Å². The molecule has 0 spiro atoms. The van der Waals surface area contributed by atoms with Crippen LogP contribution in [0.15, 0.2) is 72.8 Å². The molecule has 4 rings (SSSR count). The zero-order valence-electron chi connectivity index (χ0n) is 17.7. The Morgan fingerprint density at radius 1 is 0.774 bits per heavy atom. The third-order valence-electron chi connectivity index (χ3n) is 5.76. The predicted molar refractivity (Wildman–Crippen MR) is 119 cm³/mol. The Bertz CT molecular complexity index is 1070. The van der Waals surface area contributed by atoms with Crippen molar-refractivity contribution in [1.29, 1.82) is 0 Å². The standard InChI is InChI=1S/C27H25F3O/c1-18(2)19-10-12-22(13-11-19)26-24-8-4-3-6-20(24)7-5-9-25(26)21-14-16-23(17-15-21)31-27(28,29)30/h3-4,6,8,10-18H,5,7,9H2,1-2H3. The summed E-state index contributed by atoms with van der Waals surface area (Å²) in [6, 6.07) is 23.3. The van der Waals surface area contributed by atoms with Gasteiger partial charge in [-0.3, -0.25) is 0 Å². The van der Waals surface area contributed by atoms with Gasteiger partial charge in [0.15, 0.2) is 0 Å². The van der Waals surface area contributed by atoms with E-state index in [0.29, 0.717) is 5.92 Å². The number of benzene rings is 3. The highest BCUT2D eigenvalue weighted by Gasteiger charge is 2.31. The summed E-state index contributed by atoms with van der Waals surface area (Å²) < 4.78 is 41.7. The first kappa shape index (κ1) is 21.2. The van der Waals surface area contributed by atoms with Crippen LogP contribution in [0, 0.1) is 0 Å². The number of allylic oxidation sites excluding steroid dienone is 1. The van der Waals surface area contributed by atoms with Crippen LogP contribution >= 0.6 is 0 Å². The number of halogens is 3. The van der Waals surface area contributed by atoms with Gasteiger partial charge in [0.1, 0.15) is 5.75 Å². The van der Waals surface area contributed by atoms with E-state index in [-0.39, 0.29) is 5.75 Å². The van der Waals surface area contributed by atoms with Crippen molar-refractivity contribution in [1.82, 2.24) is 0 Å². The summed E-state index contributed by atoms with van der Waals surface area (Å²) in [5.74, 6) is 0.249. The van der Waals surface area contributed by atoms with Crippen molar-refractivity contribution in [3.63, 3.8) is 0 Å². The molecule has 0 saturated heterocycles. The molecule has 3 aromatic rings. The third kappa shape index (κ3) is 4.84. The first-order valence-electron chi connectivity index (χ1n) is 10.6. The molecule has 0 bridgehead atoms. The Labute approximate surface area is 181 Å². The quantitative estimate of drug-likeness (QED) is 0.414. The van der Waals surface area contributed by atoms with Crippen LogP contribution in [0.4, 0.5) is 13.2 Å². The molecule has 1 aliphatic carbocycles. The zero-order chi connectivity index (χ0) is 22.0. The molecule has 0 unspecified atom stereocenters. The summed E-state index contributed by atoms with van der Waals surface area (Å²) in [5, 5.41) is 0. The minimum atomic E-state index is -4.69. The van der Waals surface area contributed by atoms with E-state index in [9.17, 15) is 13.2 Å².